The molecule has 2 aromatic heterocycles. The highest BCUT2D eigenvalue weighted by Gasteiger charge is 2.35. The van der Waals surface area contributed by atoms with Crippen LogP contribution in [-0.2, 0) is 4.74 Å². The third-order valence-corrected chi connectivity index (χ3v) is 6.23. The Bertz CT molecular complexity index is 1010. The van der Waals surface area contributed by atoms with Crippen molar-refractivity contribution < 1.29 is 18.7 Å². The Morgan fingerprint density at radius 1 is 1.09 bits per heavy atom. The van der Waals surface area contributed by atoms with Crippen molar-refractivity contribution in [1.29, 1.82) is 0 Å². The Balaban J connectivity index is 1.36. The number of amides is 3. The van der Waals surface area contributed by atoms with Gasteiger partial charge in [0, 0.05) is 39.1 Å². The Morgan fingerprint density at radius 2 is 1.94 bits per heavy atom. The molecule has 0 aliphatic carbocycles. The summed E-state index contributed by atoms with van der Waals surface area (Å²) in [6.45, 7) is 2.28. The molecule has 2 fully saturated rings. The standard InChI is InChI=1S/C23H31FN8O3/c1-30-12-5-6-16(14-30)35-23(34)29-20-8-11-26-21(27-20)32-13-9-17(24)18(15-32)31(2)22(33)28-19-7-3-4-10-25-19/h3-4,7-8,10-11,16-18H,5-6,9,12-15H2,1-2H3,(H,25,28,33)(H,26,27,29,34)/t16-,17+,18-/m0/s1. The van der Waals surface area contributed by atoms with Crippen LogP contribution in [0.25, 0.3) is 0 Å². The number of urea groups is 1. The van der Waals surface area contributed by atoms with Crippen molar-refractivity contribution in [2.75, 3.05) is 55.8 Å². The van der Waals surface area contributed by atoms with Gasteiger partial charge in [0.2, 0.25) is 5.95 Å². The molecule has 0 aromatic carbocycles. The van der Waals surface area contributed by atoms with Gasteiger partial charge in [-0.3, -0.25) is 10.6 Å². The van der Waals surface area contributed by atoms with Crippen molar-refractivity contribution in [3.8, 4) is 0 Å². The van der Waals surface area contributed by atoms with Gasteiger partial charge in [-0.15, -0.1) is 0 Å². The lowest BCUT2D eigenvalue weighted by molar-refractivity contribution is 0.0593. The summed E-state index contributed by atoms with van der Waals surface area (Å²) in [4.78, 5) is 43.1. The minimum atomic E-state index is -1.20. The first kappa shape index (κ1) is 24.6. The second-order valence-corrected chi connectivity index (χ2v) is 8.87. The maximum absolute atomic E-state index is 14.8. The number of ether oxygens (including phenoxy) is 1. The Hall–Kier alpha value is -3.54. The van der Waals surface area contributed by atoms with Gasteiger partial charge in [-0.2, -0.15) is 4.98 Å². The molecule has 0 spiro atoms. The summed E-state index contributed by atoms with van der Waals surface area (Å²) in [5.74, 6) is 1.03. The molecule has 0 bridgehead atoms. The third-order valence-electron chi connectivity index (χ3n) is 6.23. The average molecular weight is 487 g/mol. The number of anilines is 3. The van der Waals surface area contributed by atoms with Crippen LogP contribution in [0.5, 0.6) is 0 Å². The number of carbonyl (C=O) groups excluding carboxylic acids is 2. The first-order chi connectivity index (χ1) is 16.9. The van der Waals surface area contributed by atoms with Gasteiger partial charge in [0.1, 0.15) is 23.9 Å². The molecule has 3 amide bonds. The molecule has 4 heterocycles. The summed E-state index contributed by atoms with van der Waals surface area (Å²) in [5, 5.41) is 5.33. The lowest BCUT2D eigenvalue weighted by Gasteiger charge is -2.39. The number of carbonyl (C=O) groups is 2. The van der Waals surface area contributed by atoms with E-state index in [2.05, 4.69) is 30.5 Å². The molecule has 2 saturated heterocycles. The monoisotopic (exact) mass is 486 g/mol. The highest BCUT2D eigenvalue weighted by molar-refractivity contribution is 5.88. The number of halogens is 1. The van der Waals surface area contributed by atoms with Crippen molar-refractivity contribution in [2.45, 2.75) is 37.6 Å². The fraction of sp³-hybridized carbons (Fsp3) is 0.522. The molecular formula is C23H31FN8O3. The quantitative estimate of drug-likeness (QED) is 0.663. The fourth-order valence-electron chi connectivity index (χ4n) is 4.31. The van der Waals surface area contributed by atoms with E-state index in [-0.39, 0.29) is 19.1 Å². The SMILES string of the molecule is CN1CCC[C@H](OC(=O)Nc2ccnc(N3CC[C@@H](F)[C@@H](N(C)C(=O)Nc4ccccn4)C3)n2)C1. The highest BCUT2D eigenvalue weighted by Crippen LogP contribution is 2.23. The summed E-state index contributed by atoms with van der Waals surface area (Å²) in [6.07, 6.45) is 3.19. The van der Waals surface area contributed by atoms with Crippen LogP contribution in [-0.4, -0.2) is 95.5 Å². The Labute approximate surface area is 203 Å². The van der Waals surface area contributed by atoms with Crippen molar-refractivity contribution >= 4 is 29.7 Å². The first-order valence-electron chi connectivity index (χ1n) is 11.7. The van der Waals surface area contributed by atoms with Gasteiger partial charge in [0.05, 0.1) is 6.04 Å². The van der Waals surface area contributed by atoms with E-state index in [4.69, 9.17) is 4.74 Å². The van der Waals surface area contributed by atoms with Crippen LogP contribution in [0.1, 0.15) is 19.3 Å². The number of alkyl halides is 1. The molecule has 3 atom stereocenters. The maximum Gasteiger partial charge on any atom is 0.413 e. The Kier molecular flexibility index (Phi) is 7.91. The number of hydrogen-bond acceptors (Lipinski definition) is 8. The summed E-state index contributed by atoms with van der Waals surface area (Å²) in [6, 6.07) is 5.57. The van der Waals surface area contributed by atoms with Crippen molar-refractivity contribution in [3.05, 3.63) is 36.7 Å². The number of hydrogen-bond donors (Lipinski definition) is 2. The third kappa shape index (κ3) is 6.53. The maximum atomic E-state index is 14.8. The zero-order valence-corrected chi connectivity index (χ0v) is 19.9. The van der Waals surface area contributed by atoms with Crippen LogP contribution in [0.15, 0.2) is 36.7 Å². The number of nitrogens with zero attached hydrogens (tertiary/aromatic N) is 6. The van der Waals surface area contributed by atoms with E-state index in [1.807, 2.05) is 7.05 Å². The second kappa shape index (κ2) is 11.3. The predicted octanol–water partition coefficient (Wildman–Crippen LogP) is 2.60. The van der Waals surface area contributed by atoms with Crippen molar-refractivity contribution in [3.63, 3.8) is 0 Å². The molecule has 35 heavy (non-hydrogen) atoms. The van der Waals surface area contributed by atoms with Gasteiger partial charge in [-0.05, 0) is 51.1 Å². The van der Waals surface area contributed by atoms with Crippen molar-refractivity contribution in [1.82, 2.24) is 24.8 Å². The predicted molar refractivity (Wildman–Crippen MR) is 129 cm³/mol. The van der Waals surface area contributed by atoms with E-state index in [0.29, 0.717) is 30.7 Å². The minimum absolute atomic E-state index is 0.160. The molecule has 2 aromatic rings. The molecule has 2 aliphatic rings. The van der Waals surface area contributed by atoms with Gasteiger partial charge in [0.25, 0.3) is 0 Å². The normalized spacial score (nSPS) is 22.8. The fourth-order valence-corrected chi connectivity index (χ4v) is 4.31. The van der Waals surface area contributed by atoms with Crippen LogP contribution >= 0.6 is 0 Å². The van der Waals surface area contributed by atoms with E-state index < -0.39 is 24.3 Å². The Morgan fingerprint density at radius 3 is 2.71 bits per heavy atom. The smallest absolute Gasteiger partial charge is 0.413 e. The number of pyridine rings is 1. The molecule has 0 unspecified atom stereocenters. The number of aromatic nitrogens is 3. The number of piperidine rings is 2. The molecule has 2 N–H and O–H groups in total. The largest absolute Gasteiger partial charge is 0.445 e. The molecule has 188 valence electrons. The average Bonchev–Trinajstić information content (AvgIpc) is 2.84. The van der Waals surface area contributed by atoms with E-state index in [1.54, 1.807) is 42.4 Å². The molecule has 2 aliphatic heterocycles. The molecular weight excluding hydrogens is 455 g/mol. The van der Waals surface area contributed by atoms with E-state index in [1.165, 1.54) is 11.1 Å². The van der Waals surface area contributed by atoms with Crippen LogP contribution in [0.2, 0.25) is 0 Å². The molecule has 4 rings (SSSR count). The molecule has 12 heteroatoms. The van der Waals surface area contributed by atoms with Crippen LogP contribution in [0.3, 0.4) is 0 Å². The lowest BCUT2D eigenvalue weighted by atomic mass is 10.0. The number of rotatable bonds is 5. The number of likely N-dealkylation sites (N-methyl/N-ethyl adjacent to an activating group) is 2. The van der Waals surface area contributed by atoms with E-state index >= 15 is 0 Å². The lowest BCUT2D eigenvalue weighted by Crippen LogP contribution is -2.55. The van der Waals surface area contributed by atoms with Crippen LogP contribution < -0.4 is 15.5 Å². The molecule has 11 nitrogen and oxygen atoms in total. The van der Waals surface area contributed by atoms with Crippen molar-refractivity contribution in [2.24, 2.45) is 0 Å². The van der Waals surface area contributed by atoms with Crippen LogP contribution in [0.4, 0.5) is 31.6 Å². The van der Waals surface area contributed by atoms with Gasteiger partial charge in [-0.25, -0.2) is 23.9 Å². The first-order valence-corrected chi connectivity index (χ1v) is 11.7. The zero-order chi connectivity index (χ0) is 24.8. The minimum Gasteiger partial charge on any atom is -0.445 e. The van der Waals surface area contributed by atoms with E-state index in [9.17, 15) is 14.0 Å². The summed E-state index contributed by atoms with van der Waals surface area (Å²) in [5.41, 5.74) is 0. The highest BCUT2D eigenvalue weighted by atomic mass is 19.1. The molecule has 0 radical (unpaired) electrons. The van der Waals surface area contributed by atoms with Crippen LogP contribution in [0, 0.1) is 0 Å². The van der Waals surface area contributed by atoms with Gasteiger partial charge in [0.15, 0.2) is 0 Å². The summed E-state index contributed by atoms with van der Waals surface area (Å²) >= 11 is 0. The number of nitrogens with one attached hydrogen (secondary N) is 2. The van der Waals surface area contributed by atoms with Gasteiger partial charge >= 0.3 is 12.1 Å². The van der Waals surface area contributed by atoms with Gasteiger partial charge in [-0.1, -0.05) is 6.07 Å². The van der Waals surface area contributed by atoms with E-state index in [0.717, 1.165) is 19.4 Å². The topological polar surface area (TPSA) is 116 Å². The zero-order valence-electron chi connectivity index (χ0n) is 19.9. The summed E-state index contributed by atoms with van der Waals surface area (Å²) < 4.78 is 20.3. The summed E-state index contributed by atoms with van der Waals surface area (Å²) in [7, 11) is 3.55. The number of likely N-dealkylation sites (tertiary alicyclic amines) is 1. The molecule has 0 saturated carbocycles. The van der Waals surface area contributed by atoms with Gasteiger partial charge < -0.3 is 19.4 Å². The second-order valence-electron chi connectivity index (χ2n) is 8.87.